The largest absolute Gasteiger partial charge is 0.252 e. The first-order valence-corrected chi connectivity index (χ1v) is 10.4. The zero-order chi connectivity index (χ0) is 20.5. The average molecular weight is 394 g/mol. The number of fused-ring (bicyclic) bond motifs is 1. The highest BCUT2D eigenvalue weighted by atomic mass is 19.1. The van der Waals surface area contributed by atoms with Crippen LogP contribution in [0.4, 0.5) is 4.39 Å². The maximum atomic E-state index is 14.3. The molecular formula is C27H23FN2. The van der Waals surface area contributed by atoms with Crippen LogP contribution in [0, 0.1) is 11.9 Å². The summed E-state index contributed by atoms with van der Waals surface area (Å²) in [5, 5.41) is 7.03. The van der Waals surface area contributed by atoms with Gasteiger partial charge in [0.1, 0.15) is 0 Å². The van der Waals surface area contributed by atoms with Crippen molar-refractivity contribution < 1.29 is 4.39 Å². The number of halogens is 1. The highest BCUT2D eigenvalue weighted by Crippen LogP contribution is 2.45. The Labute approximate surface area is 175 Å². The zero-order valence-electron chi connectivity index (χ0n) is 16.7. The Balaban J connectivity index is 1.80. The van der Waals surface area contributed by atoms with Gasteiger partial charge in [-0.1, -0.05) is 79.7 Å². The van der Waals surface area contributed by atoms with Crippen molar-refractivity contribution >= 4 is 28.1 Å². The number of rotatable bonds is 5. The molecule has 0 radical (unpaired) electrons. The first-order chi connectivity index (χ1) is 14.7. The molecule has 0 saturated heterocycles. The molecule has 0 spiro atoms. The lowest BCUT2D eigenvalue weighted by molar-refractivity contribution is 0.401. The van der Waals surface area contributed by atoms with E-state index in [0.717, 1.165) is 16.7 Å². The first kappa shape index (κ1) is 18.6. The lowest BCUT2D eigenvalue weighted by Gasteiger charge is -2.31. The molecule has 4 aromatic rings. The fraction of sp³-hybridized carbons (Fsp3) is 0.148. The molecular weight excluding hydrogens is 371 g/mol. The van der Waals surface area contributed by atoms with Crippen LogP contribution in [0.25, 0.3) is 28.1 Å². The molecule has 0 amide bonds. The van der Waals surface area contributed by atoms with Crippen molar-refractivity contribution in [3.8, 4) is 0 Å². The van der Waals surface area contributed by atoms with Gasteiger partial charge in [0.15, 0.2) is 0 Å². The van der Waals surface area contributed by atoms with E-state index in [2.05, 4.69) is 71.4 Å². The summed E-state index contributed by atoms with van der Waals surface area (Å²) in [6.45, 7) is 3.87. The summed E-state index contributed by atoms with van der Waals surface area (Å²) in [7, 11) is 0. The topological polar surface area (TPSA) is 28.7 Å². The Hall–Kier alpha value is -3.46. The number of H-pyrrole nitrogens is 1. The molecule has 5 rings (SSSR count). The second-order valence-electron chi connectivity index (χ2n) is 7.88. The van der Waals surface area contributed by atoms with E-state index in [1.54, 1.807) is 0 Å². The lowest BCUT2D eigenvalue weighted by Crippen LogP contribution is -2.15. The fourth-order valence-electron chi connectivity index (χ4n) is 4.30. The van der Waals surface area contributed by atoms with Gasteiger partial charge in [-0.25, -0.2) is 0 Å². The van der Waals surface area contributed by atoms with Gasteiger partial charge in [-0.2, -0.15) is 9.49 Å². The maximum Gasteiger partial charge on any atom is 0.216 e. The van der Waals surface area contributed by atoms with Crippen LogP contribution in [-0.2, 0) is 0 Å². The number of benzene rings is 3. The molecule has 1 saturated carbocycles. The van der Waals surface area contributed by atoms with Crippen LogP contribution in [0.5, 0.6) is 0 Å². The van der Waals surface area contributed by atoms with Gasteiger partial charge in [-0.3, -0.25) is 5.10 Å². The van der Waals surface area contributed by atoms with Crippen molar-refractivity contribution in [2.24, 2.45) is 5.92 Å². The maximum absolute atomic E-state index is 14.3. The van der Waals surface area contributed by atoms with Crippen LogP contribution in [0.3, 0.4) is 0 Å². The molecule has 0 unspecified atom stereocenters. The van der Waals surface area contributed by atoms with E-state index >= 15 is 0 Å². The van der Waals surface area contributed by atoms with Gasteiger partial charge in [0.05, 0.1) is 10.9 Å². The Morgan fingerprint density at radius 1 is 0.933 bits per heavy atom. The van der Waals surface area contributed by atoms with Crippen molar-refractivity contribution in [3.05, 3.63) is 108 Å². The Bertz CT molecular complexity index is 1230. The van der Waals surface area contributed by atoms with Crippen molar-refractivity contribution in [3.63, 3.8) is 0 Å². The third-order valence-corrected chi connectivity index (χ3v) is 6.10. The van der Waals surface area contributed by atoms with Crippen molar-refractivity contribution in [1.29, 1.82) is 0 Å². The van der Waals surface area contributed by atoms with Gasteiger partial charge in [0.2, 0.25) is 5.95 Å². The van der Waals surface area contributed by atoms with Crippen molar-refractivity contribution in [2.75, 3.05) is 0 Å². The molecule has 148 valence electrons. The lowest BCUT2D eigenvalue weighted by atomic mass is 9.73. The van der Waals surface area contributed by atoms with Crippen molar-refractivity contribution in [2.45, 2.75) is 19.3 Å². The summed E-state index contributed by atoms with van der Waals surface area (Å²) in [4.78, 5) is 0. The quantitative estimate of drug-likeness (QED) is 0.359. The number of aromatic nitrogens is 2. The van der Waals surface area contributed by atoms with E-state index in [4.69, 9.17) is 0 Å². The number of hydrogen-bond donors (Lipinski definition) is 1. The third kappa shape index (κ3) is 3.26. The van der Waals surface area contributed by atoms with Gasteiger partial charge in [0.25, 0.3) is 0 Å². The standard InChI is InChI=1S/C27H23FN2/c1-2-18-11-13-21(14-12-18)26(22-15-16-24-23(17-22)27(28)30-29-24)25(20-9-6-10-20)19-7-4-3-5-8-19/h2-5,7-8,11-17,20H,1,6,9-10H2,(H,29,30)/b26-25-. The van der Waals surface area contributed by atoms with Gasteiger partial charge < -0.3 is 0 Å². The third-order valence-electron chi connectivity index (χ3n) is 6.10. The molecule has 3 aromatic carbocycles. The van der Waals surface area contributed by atoms with Crippen LogP contribution < -0.4 is 0 Å². The molecule has 1 aromatic heterocycles. The minimum Gasteiger partial charge on any atom is -0.252 e. The van der Waals surface area contributed by atoms with Gasteiger partial charge in [0, 0.05) is 0 Å². The Morgan fingerprint density at radius 3 is 2.33 bits per heavy atom. The van der Waals surface area contributed by atoms with E-state index in [9.17, 15) is 4.39 Å². The molecule has 2 nitrogen and oxygen atoms in total. The predicted molar refractivity (Wildman–Crippen MR) is 122 cm³/mol. The Morgan fingerprint density at radius 2 is 1.67 bits per heavy atom. The summed E-state index contributed by atoms with van der Waals surface area (Å²) < 4.78 is 14.3. The molecule has 1 aliphatic rings. The van der Waals surface area contributed by atoms with E-state index in [0.29, 0.717) is 16.8 Å². The highest BCUT2D eigenvalue weighted by Gasteiger charge is 2.27. The average Bonchev–Trinajstić information content (AvgIpc) is 3.13. The molecule has 30 heavy (non-hydrogen) atoms. The molecule has 1 aliphatic carbocycles. The van der Waals surface area contributed by atoms with Crippen LogP contribution in [0.2, 0.25) is 0 Å². The van der Waals surface area contributed by atoms with E-state index in [-0.39, 0.29) is 0 Å². The summed E-state index contributed by atoms with van der Waals surface area (Å²) in [5.41, 5.74) is 7.62. The summed E-state index contributed by atoms with van der Waals surface area (Å²) in [6.07, 6.45) is 5.46. The summed E-state index contributed by atoms with van der Waals surface area (Å²) in [6, 6.07) is 24.9. The van der Waals surface area contributed by atoms with Crippen LogP contribution in [0.1, 0.15) is 41.5 Å². The SMILES string of the molecule is C=Cc1ccc(/C(=C(\c2ccccc2)C2CCC2)c2ccc3n[nH]c(F)c3c2)cc1. The minimum atomic E-state index is -0.391. The molecule has 1 heterocycles. The molecule has 3 heteroatoms. The second-order valence-corrected chi connectivity index (χ2v) is 7.88. The number of nitrogens with zero attached hydrogens (tertiary/aromatic N) is 1. The number of aromatic amines is 1. The van der Waals surface area contributed by atoms with Crippen LogP contribution in [0.15, 0.2) is 79.4 Å². The summed E-state index contributed by atoms with van der Waals surface area (Å²) >= 11 is 0. The normalized spacial score (nSPS) is 15.0. The van der Waals surface area contributed by atoms with Crippen LogP contribution in [-0.4, -0.2) is 10.2 Å². The van der Waals surface area contributed by atoms with E-state index in [1.807, 2.05) is 24.3 Å². The number of nitrogens with one attached hydrogen (secondary N) is 1. The highest BCUT2D eigenvalue weighted by molar-refractivity contribution is 6.01. The van der Waals surface area contributed by atoms with Gasteiger partial charge in [-0.15, -0.1) is 0 Å². The molecule has 0 bridgehead atoms. The monoisotopic (exact) mass is 394 g/mol. The molecule has 1 fully saturated rings. The molecule has 0 aliphatic heterocycles. The molecule has 1 N–H and O–H groups in total. The first-order valence-electron chi connectivity index (χ1n) is 10.4. The van der Waals surface area contributed by atoms with Crippen LogP contribution >= 0.6 is 0 Å². The molecule has 0 atom stereocenters. The van der Waals surface area contributed by atoms with E-state index in [1.165, 1.54) is 36.0 Å². The number of hydrogen-bond acceptors (Lipinski definition) is 1. The van der Waals surface area contributed by atoms with E-state index < -0.39 is 5.95 Å². The minimum absolute atomic E-state index is 0.391. The number of allylic oxidation sites excluding steroid dienone is 1. The second kappa shape index (κ2) is 7.75. The van der Waals surface area contributed by atoms with Gasteiger partial charge >= 0.3 is 0 Å². The van der Waals surface area contributed by atoms with Crippen molar-refractivity contribution in [1.82, 2.24) is 10.2 Å². The summed E-state index contributed by atoms with van der Waals surface area (Å²) in [5.74, 6) is 0.115. The zero-order valence-corrected chi connectivity index (χ0v) is 16.7. The smallest absolute Gasteiger partial charge is 0.216 e. The predicted octanol–water partition coefficient (Wildman–Crippen LogP) is 7.10. The Kier molecular flexibility index (Phi) is 4.80. The fourth-order valence-corrected chi connectivity index (χ4v) is 4.30. The van der Waals surface area contributed by atoms with Gasteiger partial charge in [-0.05, 0) is 64.3 Å².